The number of hydrogen-bond donors (Lipinski definition) is 1. The smallest absolute Gasteiger partial charge is 0.255 e. The van der Waals surface area contributed by atoms with Crippen LogP contribution in [0.2, 0.25) is 15.1 Å². The number of nitrogens with two attached hydrogens (primary N) is 1. The number of benzene rings is 2. The number of nitrogen functional groups attached to an aromatic ring is 1. The maximum Gasteiger partial charge on any atom is 0.255 e. The SMILES string of the molecule is Nc1cc(Cl)c(Oc2ccc(=O)n(-c3cccc(Cl)c3)c2)c(Cl)c1. The summed E-state index contributed by atoms with van der Waals surface area (Å²) in [5.41, 5.74) is 6.50. The van der Waals surface area contributed by atoms with Crippen molar-refractivity contribution in [3.05, 3.63) is 80.1 Å². The first-order valence-corrected chi connectivity index (χ1v) is 7.98. The lowest BCUT2D eigenvalue weighted by Crippen LogP contribution is -2.16. The third-order valence-corrected chi connectivity index (χ3v) is 4.01. The lowest BCUT2D eigenvalue weighted by molar-refractivity contribution is 0.478. The maximum absolute atomic E-state index is 12.1. The fourth-order valence-electron chi connectivity index (χ4n) is 2.15. The Morgan fingerprint density at radius 1 is 0.958 bits per heavy atom. The lowest BCUT2D eigenvalue weighted by atomic mass is 10.3. The van der Waals surface area contributed by atoms with Gasteiger partial charge in [-0.25, -0.2) is 0 Å². The van der Waals surface area contributed by atoms with E-state index in [1.165, 1.54) is 35.0 Å². The Morgan fingerprint density at radius 3 is 2.33 bits per heavy atom. The van der Waals surface area contributed by atoms with Gasteiger partial charge in [0, 0.05) is 16.8 Å². The molecule has 2 N–H and O–H groups in total. The van der Waals surface area contributed by atoms with Gasteiger partial charge in [-0.1, -0.05) is 40.9 Å². The molecule has 3 aromatic rings. The van der Waals surface area contributed by atoms with E-state index in [4.69, 9.17) is 45.3 Å². The lowest BCUT2D eigenvalue weighted by Gasteiger charge is -2.12. The summed E-state index contributed by atoms with van der Waals surface area (Å²) in [6, 6.07) is 12.9. The maximum atomic E-state index is 12.1. The molecule has 0 saturated carbocycles. The number of pyridine rings is 1. The molecule has 0 fully saturated rings. The second kappa shape index (κ2) is 6.77. The Hall–Kier alpha value is -2.14. The summed E-state index contributed by atoms with van der Waals surface area (Å²) in [5.74, 6) is 0.659. The number of anilines is 1. The predicted molar refractivity (Wildman–Crippen MR) is 98.0 cm³/mol. The van der Waals surface area contributed by atoms with Crippen molar-refractivity contribution in [3.8, 4) is 17.2 Å². The molecule has 2 aromatic carbocycles. The number of halogens is 3. The number of hydrogen-bond acceptors (Lipinski definition) is 3. The van der Waals surface area contributed by atoms with E-state index in [9.17, 15) is 4.79 Å². The normalized spacial score (nSPS) is 10.6. The monoisotopic (exact) mass is 380 g/mol. The van der Waals surface area contributed by atoms with Crippen molar-refractivity contribution in [2.45, 2.75) is 0 Å². The molecule has 0 saturated heterocycles. The molecule has 0 aliphatic heterocycles. The van der Waals surface area contributed by atoms with Gasteiger partial charge in [0.15, 0.2) is 5.75 Å². The third-order valence-electron chi connectivity index (χ3n) is 3.21. The number of aromatic nitrogens is 1. The van der Waals surface area contributed by atoms with Crippen LogP contribution in [0.3, 0.4) is 0 Å². The molecule has 3 rings (SSSR count). The van der Waals surface area contributed by atoms with Crippen LogP contribution in [0.1, 0.15) is 0 Å². The van der Waals surface area contributed by atoms with Crippen LogP contribution in [0, 0.1) is 0 Å². The molecule has 1 aromatic heterocycles. The summed E-state index contributed by atoms with van der Waals surface area (Å²) in [4.78, 5) is 12.1. The molecular weight excluding hydrogens is 371 g/mol. The predicted octanol–water partition coefficient (Wildman–Crippen LogP) is 5.17. The van der Waals surface area contributed by atoms with E-state index in [0.29, 0.717) is 22.1 Å². The summed E-state index contributed by atoms with van der Waals surface area (Å²) in [6.45, 7) is 0. The Morgan fingerprint density at radius 2 is 1.67 bits per heavy atom. The summed E-state index contributed by atoms with van der Waals surface area (Å²) in [6.07, 6.45) is 1.54. The molecule has 0 aliphatic rings. The highest BCUT2D eigenvalue weighted by Gasteiger charge is 2.11. The van der Waals surface area contributed by atoms with Gasteiger partial charge < -0.3 is 10.5 Å². The zero-order valence-electron chi connectivity index (χ0n) is 12.2. The fourth-order valence-corrected chi connectivity index (χ4v) is 2.92. The molecule has 7 heteroatoms. The molecule has 122 valence electrons. The minimum Gasteiger partial charge on any atom is -0.453 e. The molecule has 0 aliphatic carbocycles. The minimum absolute atomic E-state index is 0.223. The third kappa shape index (κ3) is 3.51. The van der Waals surface area contributed by atoms with E-state index in [-0.39, 0.29) is 21.4 Å². The molecule has 0 unspecified atom stereocenters. The molecule has 0 radical (unpaired) electrons. The van der Waals surface area contributed by atoms with Gasteiger partial charge in [-0.2, -0.15) is 0 Å². The number of ether oxygens (including phenoxy) is 1. The molecule has 4 nitrogen and oxygen atoms in total. The van der Waals surface area contributed by atoms with E-state index in [0.717, 1.165) is 0 Å². The summed E-state index contributed by atoms with van der Waals surface area (Å²) in [7, 11) is 0. The van der Waals surface area contributed by atoms with Crippen molar-refractivity contribution in [2.24, 2.45) is 0 Å². The second-order valence-corrected chi connectivity index (χ2v) is 6.22. The molecule has 0 amide bonds. The van der Waals surface area contributed by atoms with Gasteiger partial charge in [0.05, 0.1) is 21.9 Å². The zero-order valence-corrected chi connectivity index (χ0v) is 14.4. The molecule has 0 bridgehead atoms. The molecular formula is C17H11Cl3N2O2. The van der Waals surface area contributed by atoms with E-state index in [1.54, 1.807) is 24.3 Å². The second-order valence-electron chi connectivity index (χ2n) is 4.97. The van der Waals surface area contributed by atoms with Crippen LogP contribution in [-0.2, 0) is 0 Å². The molecule has 0 spiro atoms. The first-order chi connectivity index (χ1) is 11.4. The van der Waals surface area contributed by atoms with Crippen molar-refractivity contribution in [3.63, 3.8) is 0 Å². The summed E-state index contributed by atoms with van der Waals surface area (Å²) < 4.78 is 7.15. The molecule has 24 heavy (non-hydrogen) atoms. The summed E-state index contributed by atoms with van der Waals surface area (Å²) >= 11 is 18.2. The van der Waals surface area contributed by atoms with Crippen LogP contribution in [0.25, 0.3) is 5.69 Å². The van der Waals surface area contributed by atoms with E-state index < -0.39 is 0 Å². The Kier molecular flexibility index (Phi) is 4.71. The van der Waals surface area contributed by atoms with Gasteiger partial charge in [0.25, 0.3) is 5.56 Å². The molecule has 1 heterocycles. The first-order valence-electron chi connectivity index (χ1n) is 6.85. The fraction of sp³-hybridized carbons (Fsp3) is 0. The zero-order chi connectivity index (χ0) is 17.3. The van der Waals surface area contributed by atoms with Crippen molar-refractivity contribution < 1.29 is 4.74 Å². The van der Waals surface area contributed by atoms with Crippen LogP contribution in [0.5, 0.6) is 11.5 Å². The minimum atomic E-state index is -0.223. The van der Waals surface area contributed by atoms with E-state index in [1.807, 2.05) is 0 Å². The van der Waals surface area contributed by atoms with Crippen LogP contribution in [0.4, 0.5) is 5.69 Å². The van der Waals surface area contributed by atoms with Crippen molar-refractivity contribution in [1.29, 1.82) is 0 Å². The number of rotatable bonds is 3. The first kappa shape index (κ1) is 16.7. The van der Waals surface area contributed by atoms with Crippen molar-refractivity contribution in [1.82, 2.24) is 4.57 Å². The average molecular weight is 382 g/mol. The van der Waals surface area contributed by atoms with Gasteiger partial charge in [-0.05, 0) is 36.4 Å². The highest BCUT2D eigenvalue weighted by Crippen LogP contribution is 2.38. The van der Waals surface area contributed by atoms with Crippen molar-refractivity contribution in [2.75, 3.05) is 5.73 Å². The van der Waals surface area contributed by atoms with Crippen LogP contribution in [0.15, 0.2) is 59.5 Å². The van der Waals surface area contributed by atoms with Gasteiger partial charge in [0.1, 0.15) is 5.75 Å². The van der Waals surface area contributed by atoms with Crippen LogP contribution < -0.4 is 16.0 Å². The van der Waals surface area contributed by atoms with Gasteiger partial charge in [-0.15, -0.1) is 0 Å². The van der Waals surface area contributed by atoms with Gasteiger partial charge in [-0.3, -0.25) is 9.36 Å². The largest absolute Gasteiger partial charge is 0.453 e. The van der Waals surface area contributed by atoms with E-state index >= 15 is 0 Å². The van der Waals surface area contributed by atoms with Crippen LogP contribution in [-0.4, -0.2) is 4.57 Å². The Bertz CT molecular complexity index is 947. The van der Waals surface area contributed by atoms with Crippen molar-refractivity contribution >= 4 is 40.5 Å². The highest BCUT2D eigenvalue weighted by atomic mass is 35.5. The molecule has 0 atom stereocenters. The topological polar surface area (TPSA) is 57.2 Å². The Labute approximate surface area is 152 Å². The van der Waals surface area contributed by atoms with Gasteiger partial charge >= 0.3 is 0 Å². The van der Waals surface area contributed by atoms with Crippen LogP contribution >= 0.6 is 34.8 Å². The Balaban J connectivity index is 2.02. The quantitative estimate of drug-likeness (QED) is 0.637. The van der Waals surface area contributed by atoms with E-state index in [2.05, 4.69) is 0 Å². The highest BCUT2D eigenvalue weighted by molar-refractivity contribution is 6.37. The standard InChI is InChI=1S/C17H11Cl3N2O2/c18-10-2-1-3-12(6-10)22-9-13(4-5-16(22)23)24-17-14(19)7-11(21)8-15(17)20/h1-9H,21H2. The summed E-state index contributed by atoms with van der Waals surface area (Å²) in [5, 5.41) is 1.08. The van der Waals surface area contributed by atoms with Gasteiger partial charge in [0.2, 0.25) is 0 Å². The average Bonchev–Trinajstić information content (AvgIpc) is 2.52. The number of nitrogens with zero attached hydrogens (tertiary/aromatic N) is 1.